The van der Waals surface area contributed by atoms with E-state index in [2.05, 4.69) is 218 Å². The largest absolute Gasteiger partial charge is 0.416 e. The van der Waals surface area contributed by atoms with Crippen LogP contribution in [0.25, 0.3) is 145 Å². The molecule has 2 radical (unpaired) electrons. The van der Waals surface area contributed by atoms with E-state index in [1.807, 2.05) is 152 Å². The third kappa shape index (κ3) is 17.0. The number of hydrogen-bond acceptors (Lipinski definition) is 14. The molecule has 105 heavy (non-hydrogen) atoms. The maximum absolute atomic E-state index is 9.17. The van der Waals surface area contributed by atoms with Crippen molar-refractivity contribution in [3.8, 4) is 108 Å². The number of hydrogen-bond donors (Lipinski definition) is 2. The molecule has 2 N–H and O–H groups in total. The van der Waals surface area contributed by atoms with Crippen molar-refractivity contribution in [3.05, 3.63) is 320 Å². The van der Waals surface area contributed by atoms with Crippen LogP contribution in [-0.4, -0.2) is 70.6 Å². The molecular weight excluding hydrogens is 1320 g/mol. The van der Waals surface area contributed by atoms with Crippen LogP contribution < -0.4 is 4.74 Å². The van der Waals surface area contributed by atoms with Gasteiger partial charge in [0.25, 0.3) is 0 Å². The molecule has 0 saturated heterocycles. The Hall–Kier alpha value is -12.5. The summed E-state index contributed by atoms with van der Waals surface area (Å²) in [5, 5.41) is 46.9. The minimum Gasteiger partial charge on any atom is -0.416 e. The molecule has 12 aromatic carbocycles. The maximum atomic E-state index is 9.17. The Morgan fingerprint density at radius 2 is 0.762 bits per heavy atom. The van der Waals surface area contributed by atoms with Gasteiger partial charge in [-0.05, 0) is 164 Å². The van der Waals surface area contributed by atoms with Crippen LogP contribution in [0.15, 0.2) is 311 Å². The predicted octanol–water partition coefficient (Wildman–Crippen LogP) is 21.3. The molecule has 5 aromatic heterocycles. The van der Waals surface area contributed by atoms with E-state index < -0.39 is 0 Å². The van der Waals surface area contributed by atoms with Crippen LogP contribution in [-0.2, 0) is 12.0 Å². The summed E-state index contributed by atoms with van der Waals surface area (Å²) in [6, 6.07) is 100.0. The predicted molar refractivity (Wildman–Crippen MR) is 430 cm³/mol. The van der Waals surface area contributed by atoms with E-state index in [1.54, 1.807) is 7.11 Å². The van der Waals surface area contributed by atoms with Gasteiger partial charge in [-0.25, -0.2) is 0 Å². The van der Waals surface area contributed by atoms with Crippen molar-refractivity contribution in [3.63, 3.8) is 0 Å². The zero-order valence-corrected chi connectivity index (χ0v) is 59.8. The van der Waals surface area contributed by atoms with Crippen molar-refractivity contribution in [2.45, 2.75) is 46.6 Å². The molecule has 0 aliphatic carbocycles. The first-order valence-electron chi connectivity index (χ1n) is 35.0. The van der Waals surface area contributed by atoms with E-state index in [9.17, 15) is 0 Å². The molecule has 0 amide bonds. The second kappa shape index (κ2) is 34.0. The summed E-state index contributed by atoms with van der Waals surface area (Å²) in [4.78, 5) is 9.81. The average Bonchev–Trinajstić information content (AvgIpc) is 1.41. The van der Waals surface area contributed by atoms with Crippen LogP contribution in [0.5, 0.6) is 5.75 Å². The summed E-state index contributed by atoms with van der Waals surface area (Å²) >= 11 is 0. The van der Waals surface area contributed by atoms with E-state index in [0.717, 1.165) is 105 Å². The number of ether oxygens (including phenoxy) is 1. The van der Waals surface area contributed by atoms with Gasteiger partial charge in [-0.1, -0.05) is 239 Å². The zero-order chi connectivity index (χ0) is 74.7. The molecular formula is C88H74B2N9O5P. The SMILES string of the molecule is CC(C)(C)c1ccc(-c2nnc(-c3ccc(-c4ccccc4)cc3)o2)cc1.COc1cccc(-c2nnc(-c3cccc(CO)c3)o2)c1.Cc1cc(-c2ccccc2)c2ccc3c(-c4ccccc4)cc(C)nc3c2n1.[2H]B=N.[2H]P[B].c1ccc2c(-c3nnc(-c4cccc5ccccc45)o3)cccc2c1. The number of aliphatic hydroxyl groups excluding tert-OH is 1. The van der Waals surface area contributed by atoms with E-state index in [0.29, 0.717) is 42.9 Å². The molecule has 0 bridgehead atoms. The molecule has 0 aliphatic rings. The number of rotatable bonds is 11. The quantitative estimate of drug-likeness (QED) is 0.0706. The van der Waals surface area contributed by atoms with Gasteiger partial charge in [0.05, 0.1) is 32.3 Å². The van der Waals surface area contributed by atoms with Crippen LogP contribution in [0, 0.1) is 19.2 Å². The molecule has 14 nitrogen and oxygen atoms in total. The molecule has 1 unspecified atom stereocenters. The maximum Gasteiger partial charge on any atom is 0.248 e. The fraction of sp³-hybridized carbons (Fsp3) is 0.0909. The summed E-state index contributed by atoms with van der Waals surface area (Å²) in [5.41, 5.74) is 18.7. The van der Waals surface area contributed by atoms with Gasteiger partial charge in [-0.15, -0.1) is 30.6 Å². The summed E-state index contributed by atoms with van der Waals surface area (Å²) in [6.07, 6.45) is 0. The van der Waals surface area contributed by atoms with Crippen molar-refractivity contribution in [1.82, 2.24) is 40.6 Å². The van der Waals surface area contributed by atoms with Crippen molar-refractivity contribution in [2.75, 3.05) is 7.11 Å². The number of nitrogens with one attached hydrogen (secondary N) is 1. The van der Waals surface area contributed by atoms with E-state index in [-0.39, 0.29) is 21.1 Å². The minimum absolute atomic E-state index is 0.0231. The van der Waals surface area contributed by atoms with Crippen molar-refractivity contribution in [1.29, 1.82) is 7.93 Å². The Morgan fingerprint density at radius 1 is 0.410 bits per heavy atom. The fourth-order valence-corrected chi connectivity index (χ4v) is 12.2. The molecule has 0 saturated carbocycles. The van der Waals surface area contributed by atoms with Crippen molar-refractivity contribution in [2.24, 2.45) is 0 Å². The third-order valence-electron chi connectivity index (χ3n) is 17.4. The Kier molecular flexibility index (Phi) is 22.5. The van der Waals surface area contributed by atoms with Crippen LogP contribution in [0.3, 0.4) is 0 Å². The number of pyridine rings is 2. The van der Waals surface area contributed by atoms with Gasteiger partial charge in [0.15, 0.2) is 0 Å². The topological polar surface area (TPSA) is 196 Å². The number of aliphatic hydroxyl groups is 1. The molecule has 1 atom stereocenters. The average molecular weight is 1390 g/mol. The van der Waals surface area contributed by atoms with Crippen molar-refractivity contribution < 1.29 is 23.1 Å². The summed E-state index contributed by atoms with van der Waals surface area (Å²) < 4.78 is 34.6. The Labute approximate surface area is 617 Å². The molecule has 0 aliphatic heterocycles. The first-order valence-corrected chi connectivity index (χ1v) is 34.5. The standard InChI is InChI=1S/C26H20N2.C24H22N2O.C22H14N2O.C16H14N2O3.BH2N.BH2P/c1-17-15-23(19-9-5-3-6-10-19)21-13-14-22-24(20-11-7-4-8-12-20)16-18(2)28-26(22)25(21)27-17;1-24(2,3)21-15-13-20(14-16-21)23-26-25-22(27-23)19-11-9-18(10-12-19)17-7-5-4-6-8-17;1-3-11-17-15(7-1)9-5-13-19(17)21-23-24-22(25-21)20-14-6-10-16-8-2-4-12-18(16)20;1-20-14-7-3-6-13(9-14)16-18-17-15(21-16)12-5-2-4-11(8-12)10-19;2*1-2/h3-16H,1-2H3;4-16H,1-3H3;1-14H;2-9,19H,10H2,1H3;1-2H;2H2/i;;;;1D;2D. The number of nitrogens with zero attached hydrogens (tertiary/aromatic N) is 8. The second-order valence-electron chi connectivity index (χ2n) is 25.4. The number of fused-ring (bicyclic) bond motifs is 5. The fourth-order valence-electron chi connectivity index (χ4n) is 12.2. The van der Waals surface area contributed by atoms with E-state index >= 15 is 0 Å². The third-order valence-corrected chi connectivity index (χ3v) is 17.4. The smallest absolute Gasteiger partial charge is 0.248 e. The van der Waals surface area contributed by atoms with Gasteiger partial charge in [-0.3, -0.25) is 9.97 Å². The first kappa shape index (κ1) is 69.6. The molecule has 0 fully saturated rings. The number of aryl methyl sites for hydroxylation is 2. The van der Waals surface area contributed by atoms with Gasteiger partial charge in [0.2, 0.25) is 35.3 Å². The first-order chi connectivity index (χ1) is 52.2. The molecule has 17 aromatic rings. The molecule has 0 spiro atoms. The Morgan fingerprint density at radius 3 is 1.22 bits per heavy atom. The zero-order valence-electron chi connectivity index (χ0n) is 60.8. The number of benzene rings is 12. The molecule has 17 heteroatoms. The number of methoxy groups -OCH3 is 1. The Balaban J connectivity index is 0.000000131. The van der Waals surface area contributed by atoms with Crippen LogP contribution in [0.2, 0.25) is 0 Å². The summed E-state index contributed by atoms with van der Waals surface area (Å²) in [5.74, 6) is 3.73. The van der Waals surface area contributed by atoms with Gasteiger partial charge in [0.1, 0.15) is 5.75 Å². The van der Waals surface area contributed by atoms with Gasteiger partial charge in [-0.2, -0.15) is 9.06 Å². The van der Waals surface area contributed by atoms with E-state index in [4.69, 9.17) is 41.0 Å². The minimum atomic E-state index is -0.167. The normalized spacial score (nSPS) is 11.1. The van der Waals surface area contributed by atoms with Crippen LogP contribution >= 0.6 is 9.06 Å². The van der Waals surface area contributed by atoms with E-state index in [1.165, 1.54) is 33.4 Å². The van der Waals surface area contributed by atoms with Gasteiger partial charge >= 0.3 is 14.3 Å². The monoisotopic (exact) mass is 1390 g/mol. The molecule has 512 valence electrons. The summed E-state index contributed by atoms with van der Waals surface area (Å²) in [7, 11) is 6.48. The summed E-state index contributed by atoms with van der Waals surface area (Å²) in [6.45, 7) is 10.7. The van der Waals surface area contributed by atoms with Crippen LogP contribution in [0.1, 0.15) is 43.3 Å². The molecule has 17 rings (SSSR count). The Bertz CT molecular complexity index is 5540. The van der Waals surface area contributed by atoms with Gasteiger partial charge < -0.3 is 23.1 Å². The number of aromatic nitrogens is 8. The van der Waals surface area contributed by atoms with Crippen molar-refractivity contribution >= 4 is 67.6 Å². The van der Waals surface area contributed by atoms with Gasteiger partial charge in [0, 0.05) is 56.8 Å². The van der Waals surface area contributed by atoms with Crippen LogP contribution in [0.4, 0.5) is 0 Å². The second-order valence-corrected chi connectivity index (χ2v) is 25.4. The molecule has 5 heterocycles.